The number of hydrazone groups is 1. The van der Waals surface area contributed by atoms with Crippen molar-refractivity contribution in [3.63, 3.8) is 0 Å². The predicted octanol–water partition coefficient (Wildman–Crippen LogP) is 4.23. The van der Waals surface area contributed by atoms with Crippen molar-refractivity contribution in [1.29, 1.82) is 0 Å². The Morgan fingerprint density at radius 2 is 1.76 bits per heavy atom. The molecule has 1 N–H and O–H groups in total. The lowest BCUT2D eigenvalue weighted by molar-refractivity contribution is -0.119. The number of ether oxygens (including phenoxy) is 3. The highest BCUT2D eigenvalue weighted by atomic mass is 32.2. The summed E-state index contributed by atoms with van der Waals surface area (Å²) in [5.41, 5.74) is 3.36. The molecule has 0 radical (unpaired) electrons. The molecule has 1 amide bonds. The summed E-state index contributed by atoms with van der Waals surface area (Å²) in [4.78, 5) is 12.8. The number of sulfonamides is 1. The van der Waals surface area contributed by atoms with Gasteiger partial charge in [-0.1, -0.05) is 31.2 Å². The van der Waals surface area contributed by atoms with Crippen LogP contribution in [0, 0.1) is 0 Å². The summed E-state index contributed by atoms with van der Waals surface area (Å²) in [5.74, 6) is 1.04. The first-order chi connectivity index (χ1) is 17.9. The molecule has 0 aliphatic rings. The predicted molar refractivity (Wildman–Crippen MR) is 143 cm³/mol. The normalized spacial score (nSPS) is 11.2. The van der Waals surface area contributed by atoms with Crippen molar-refractivity contribution in [1.82, 2.24) is 5.43 Å². The standard InChI is InChI=1S/C27H31N3O6S/c1-4-16-36-25-15-14-21(17-26(25)35-5-2)19-28-29-27(31)20-30(22-10-9-11-23(18-22)34-3)37(32,33)24-12-7-6-8-13-24/h6-15,17-19H,4-5,16,20H2,1-3H3,(H,29,31)/b28-19-. The number of hydrogen-bond donors (Lipinski definition) is 1. The van der Waals surface area contributed by atoms with Crippen LogP contribution in [0.4, 0.5) is 5.69 Å². The lowest BCUT2D eigenvalue weighted by Crippen LogP contribution is -2.39. The van der Waals surface area contributed by atoms with Crippen molar-refractivity contribution in [3.05, 3.63) is 78.4 Å². The SMILES string of the molecule is CCCOc1ccc(/C=N\NC(=O)CN(c2cccc(OC)c2)S(=O)(=O)c2ccccc2)cc1OCC. The summed E-state index contributed by atoms with van der Waals surface area (Å²) in [6, 6.07) is 19.7. The first kappa shape index (κ1) is 27.5. The molecule has 10 heteroatoms. The Balaban J connectivity index is 1.79. The molecule has 0 aliphatic heterocycles. The molecule has 0 heterocycles. The van der Waals surface area contributed by atoms with Crippen LogP contribution < -0.4 is 23.9 Å². The number of anilines is 1. The van der Waals surface area contributed by atoms with Crippen molar-refractivity contribution in [2.75, 3.05) is 31.2 Å². The number of amides is 1. The highest BCUT2D eigenvalue weighted by molar-refractivity contribution is 7.92. The molecule has 0 spiro atoms. The number of nitrogens with zero attached hydrogens (tertiary/aromatic N) is 2. The minimum absolute atomic E-state index is 0.0583. The van der Waals surface area contributed by atoms with Gasteiger partial charge in [0.2, 0.25) is 0 Å². The number of methoxy groups -OCH3 is 1. The van der Waals surface area contributed by atoms with E-state index in [2.05, 4.69) is 10.5 Å². The number of benzene rings is 3. The first-order valence-electron chi connectivity index (χ1n) is 11.8. The molecule has 0 aromatic heterocycles. The fourth-order valence-corrected chi connectivity index (χ4v) is 4.78. The Bertz CT molecular complexity index is 1310. The summed E-state index contributed by atoms with van der Waals surface area (Å²) in [6.45, 7) is 4.44. The molecule has 0 atom stereocenters. The highest BCUT2D eigenvalue weighted by Gasteiger charge is 2.27. The third kappa shape index (κ3) is 7.47. The van der Waals surface area contributed by atoms with Crippen molar-refractivity contribution in [2.24, 2.45) is 5.10 Å². The van der Waals surface area contributed by atoms with E-state index in [1.54, 1.807) is 60.7 Å². The lowest BCUT2D eigenvalue weighted by atomic mass is 10.2. The van der Waals surface area contributed by atoms with Crippen molar-refractivity contribution < 1.29 is 27.4 Å². The monoisotopic (exact) mass is 525 g/mol. The molecule has 3 aromatic carbocycles. The zero-order chi connectivity index (χ0) is 26.7. The number of hydrogen-bond acceptors (Lipinski definition) is 7. The molecule has 0 bridgehead atoms. The lowest BCUT2D eigenvalue weighted by Gasteiger charge is -2.24. The van der Waals surface area contributed by atoms with E-state index >= 15 is 0 Å². The number of nitrogens with one attached hydrogen (secondary N) is 1. The van der Waals surface area contributed by atoms with Crippen LogP contribution in [0.3, 0.4) is 0 Å². The van der Waals surface area contributed by atoms with Crippen LogP contribution in [0.2, 0.25) is 0 Å². The molecule has 196 valence electrons. The molecular weight excluding hydrogens is 494 g/mol. The third-order valence-corrected chi connectivity index (χ3v) is 6.88. The largest absolute Gasteiger partial charge is 0.497 e. The van der Waals surface area contributed by atoms with Crippen LogP contribution in [0.15, 0.2) is 82.8 Å². The number of carbonyl (C=O) groups excluding carboxylic acids is 1. The van der Waals surface area contributed by atoms with Gasteiger partial charge in [-0.05, 0) is 61.4 Å². The third-order valence-electron chi connectivity index (χ3n) is 5.09. The van der Waals surface area contributed by atoms with E-state index in [1.165, 1.54) is 25.5 Å². The average Bonchev–Trinajstić information content (AvgIpc) is 2.92. The fraction of sp³-hybridized carbons (Fsp3) is 0.259. The highest BCUT2D eigenvalue weighted by Crippen LogP contribution is 2.29. The molecule has 3 rings (SSSR count). The summed E-state index contributed by atoms with van der Waals surface area (Å²) in [6.07, 6.45) is 2.32. The summed E-state index contributed by atoms with van der Waals surface area (Å²) in [5, 5.41) is 4.00. The van der Waals surface area contributed by atoms with E-state index < -0.39 is 22.5 Å². The Kier molecular flexibility index (Phi) is 9.91. The van der Waals surface area contributed by atoms with Crippen LogP contribution in [0.5, 0.6) is 17.2 Å². The minimum Gasteiger partial charge on any atom is -0.497 e. The fourth-order valence-electron chi connectivity index (χ4n) is 3.35. The van der Waals surface area contributed by atoms with Gasteiger partial charge in [-0.3, -0.25) is 9.10 Å². The molecular formula is C27H31N3O6S. The van der Waals surface area contributed by atoms with Gasteiger partial charge in [0.25, 0.3) is 15.9 Å². The van der Waals surface area contributed by atoms with Gasteiger partial charge >= 0.3 is 0 Å². The van der Waals surface area contributed by atoms with E-state index in [-0.39, 0.29) is 10.6 Å². The second kappa shape index (κ2) is 13.3. The molecule has 3 aromatic rings. The van der Waals surface area contributed by atoms with E-state index in [4.69, 9.17) is 14.2 Å². The molecule has 0 unspecified atom stereocenters. The molecule has 37 heavy (non-hydrogen) atoms. The van der Waals surface area contributed by atoms with Gasteiger partial charge in [-0.15, -0.1) is 0 Å². The summed E-state index contributed by atoms with van der Waals surface area (Å²) >= 11 is 0. The molecule has 9 nitrogen and oxygen atoms in total. The Labute approximate surface area is 217 Å². The Morgan fingerprint density at radius 3 is 2.46 bits per heavy atom. The van der Waals surface area contributed by atoms with Gasteiger partial charge in [0, 0.05) is 6.07 Å². The summed E-state index contributed by atoms with van der Waals surface area (Å²) < 4.78 is 44.4. The van der Waals surface area contributed by atoms with Crippen LogP contribution in [-0.4, -0.2) is 47.4 Å². The van der Waals surface area contributed by atoms with Crippen LogP contribution in [0.25, 0.3) is 0 Å². The van der Waals surface area contributed by atoms with Crippen molar-refractivity contribution in [2.45, 2.75) is 25.2 Å². The van der Waals surface area contributed by atoms with Gasteiger partial charge < -0.3 is 14.2 Å². The topological polar surface area (TPSA) is 107 Å². The second-order valence-electron chi connectivity index (χ2n) is 7.81. The van der Waals surface area contributed by atoms with E-state index in [0.717, 1.165) is 10.7 Å². The van der Waals surface area contributed by atoms with Crippen LogP contribution >= 0.6 is 0 Å². The zero-order valence-electron chi connectivity index (χ0n) is 21.1. The maximum atomic E-state index is 13.4. The molecule has 0 fully saturated rings. The quantitative estimate of drug-likeness (QED) is 0.264. The van der Waals surface area contributed by atoms with E-state index in [1.807, 2.05) is 13.8 Å². The number of carbonyl (C=O) groups is 1. The molecule has 0 aliphatic carbocycles. The van der Waals surface area contributed by atoms with E-state index in [0.29, 0.717) is 36.0 Å². The average molecular weight is 526 g/mol. The maximum absolute atomic E-state index is 13.4. The Hall–Kier alpha value is -4.05. The second-order valence-corrected chi connectivity index (χ2v) is 9.67. The van der Waals surface area contributed by atoms with Crippen molar-refractivity contribution in [3.8, 4) is 17.2 Å². The molecule has 0 saturated carbocycles. The summed E-state index contributed by atoms with van der Waals surface area (Å²) in [7, 11) is -2.56. The van der Waals surface area contributed by atoms with Crippen molar-refractivity contribution >= 4 is 27.8 Å². The van der Waals surface area contributed by atoms with Crippen LogP contribution in [0.1, 0.15) is 25.8 Å². The Morgan fingerprint density at radius 1 is 0.973 bits per heavy atom. The smallest absolute Gasteiger partial charge is 0.264 e. The first-order valence-corrected chi connectivity index (χ1v) is 13.3. The van der Waals surface area contributed by atoms with Gasteiger partial charge in [-0.2, -0.15) is 5.10 Å². The van der Waals surface area contributed by atoms with E-state index in [9.17, 15) is 13.2 Å². The van der Waals surface area contributed by atoms with Crippen LogP contribution in [-0.2, 0) is 14.8 Å². The van der Waals surface area contributed by atoms with Gasteiger partial charge in [0.15, 0.2) is 11.5 Å². The minimum atomic E-state index is -4.04. The number of rotatable bonds is 13. The van der Waals surface area contributed by atoms with Gasteiger partial charge in [0.05, 0.1) is 37.1 Å². The molecule has 0 saturated heterocycles. The maximum Gasteiger partial charge on any atom is 0.264 e. The zero-order valence-corrected chi connectivity index (χ0v) is 21.9. The van der Waals surface area contributed by atoms with Gasteiger partial charge in [-0.25, -0.2) is 13.8 Å². The van der Waals surface area contributed by atoms with Gasteiger partial charge in [0.1, 0.15) is 12.3 Å².